The first-order valence-electron chi connectivity index (χ1n) is 8.64. The molecule has 0 aliphatic heterocycles. The number of anilines is 1. The number of hydrogen-bond acceptors (Lipinski definition) is 2. The topological polar surface area (TPSA) is 29.9 Å². The van der Waals surface area contributed by atoms with Crippen molar-refractivity contribution in [2.75, 3.05) is 5.32 Å². The summed E-state index contributed by atoms with van der Waals surface area (Å²) in [5.41, 5.74) is 0.836. The standard InChI is InChI=1S/C18H31N3/c1-17(2)11-15(12-18(3,4)13-17)21-10-9-19-16(21)20-14-7-5-6-8-14/h9-10,14-15H,5-8,11-13H2,1-4H3,(H,19,20). The Morgan fingerprint density at radius 3 is 2.33 bits per heavy atom. The van der Waals surface area contributed by atoms with Gasteiger partial charge < -0.3 is 9.88 Å². The van der Waals surface area contributed by atoms with Crippen LogP contribution in [0.15, 0.2) is 12.4 Å². The number of rotatable bonds is 3. The molecular formula is C18H31N3. The molecule has 0 amide bonds. The molecule has 0 saturated heterocycles. The summed E-state index contributed by atoms with van der Waals surface area (Å²) in [6, 6.07) is 1.21. The first kappa shape index (κ1) is 14.9. The Morgan fingerprint density at radius 2 is 1.71 bits per heavy atom. The van der Waals surface area contributed by atoms with Crippen molar-refractivity contribution in [3.8, 4) is 0 Å². The summed E-state index contributed by atoms with van der Waals surface area (Å²) in [5.74, 6) is 1.10. The third-order valence-electron chi connectivity index (χ3n) is 5.28. The van der Waals surface area contributed by atoms with Crippen LogP contribution >= 0.6 is 0 Å². The molecule has 0 radical (unpaired) electrons. The molecule has 1 N–H and O–H groups in total. The summed E-state index contributed by atoms with van der Waals surface area (Å²) in [6.07, 6.45) is 13.3. The third kappa shape index (κ3) is 3.44. The highest BCUT2D eigenvalue weighted by Crippen LogP contribution is 2.50. The van der Waals surface area contributed by atoms with Gasteiger partial charge >= 0.3 is 0 Å². The van der Waals surface area contributed by atoms with Gasteiger partial charge in [-0.3, -0.25) is 0 Å². The summed E-state index contributed by atoms with van der Waals surface area (Å²) in [7, 11) is 0. The van der Waals surface area contributed by atoms with Crippen LogP contribution in [0.2, 0.25) is 0 Å². The fraction of sp³-hybridized carbons (Fsp3) is 0.833. The molecule has 3 heteroatoms. The van der Waals surface area contributed by atoms with E-state index in [1.807, 2.05) is 6.20 Å². The smallest absolute Gasteiger partial charge is 0.203 e. The molecule has 0 atom stereocenters. The van der Waals surface area contributed by atoms with Crippen LogP contribution in [0, 0.1) is 10.8 Å². The van der Waals surface area contributed by atoms with Crippen molar-refractivity contribution in [2.24, 2.45) is 10.8 Å². The molecule has 0 bridgehead atoms. The zero-order valence-corrected chi connectivity index (χ0v) is 14.2. The van der Waals surface area contributed by atoms with Gasteiger partial charge in [-0.2, -0.15) is 0 Å². The molecular weight excluding hydrogens is 258 g/mol. The first-order valence-corrected chi connectivity index (χ1v) is 8.64. The van der Waals surface area contributed by atoms with Crippen molar-refractivity contribution in [1.82, 2.24) is 9.55 Å². The largest absolute Gasteiger partial charge is 0.353 e. The molecule has 1 heterocycles. The van der Waals surface area contributed by atoms with Crippen molar-refractivity contribution < 1.29 is 0 Å². The van der Waals surface area contributed by atoms with Crippen molar-refractivity contribution in [3.63, 3.8) is 0 Å². The van der Waals surface area contributed by atoms with Crippen LogP contribution in [-0.4, -0.2) is 15.6 Å². The number of hydrogen-bond donors (Lipinski definition) is 1. The zero-order chi connectivity index (χ0) is 15.1. The molecule has 2 aliphatic carbocycles. The minimum Gasteiger partial charge on any atom is -0.353 e. The van der Waals surface area contributed by atoms with Gasteiger partial charge in [-0.25, -0.2) is 4.98 Å². The van der Waals surface area contributed by atoms with E-state index in [4.69, 9.17) is 0 Å². The van der Waals surface area contributed by atoms with E-state index in [1.165, 1.54) is 44.9 Å². The number of aromatic nitrogens is 2. The molecule has 1 aromatic heterocycles. The summed E-state index contributed by atoms with van der Waals surface area (Å²) < 4.78 is 2.42. The van der Waals surface area contributed by atoms with E-state index in [0.717, 1.165) is 5.95 Å². The van der Waals surface area contributed by atoms with Crippen LogP contribution in [-0.2, 0) is 0 Å². The maximum absolute atomic E-state index is 4.60. The quantitative estimate of drug-likeness (QED) is 0.847. The average Bonchev–Trinajstić information content (AvgIpc) is 2.96. The second-order valence-electron chi connectivity index (χ2n) is 8.85. The predicted molar refractivity (Wildman–Crippen MR) is 88.6 cm³/mol. The minimum absolute atomic E-state index is 0.418. The molecule has 3 nitrogen and oxygen atoms in total. The Hall–Kier alpha value is -0.990. The molecule has 3 rings (SSSR count). The van der Waals surface area contributed by atoms with Crippen LogP contribution in [0.1, 0.15) is 78.7 Å². The summed E-state index contributed by atoms with van der Waals surface area (Å²) in [6.45, 7) is 9.67. The second-order valence-corrected chi connectivity index (χ2v) is 8.85. The van der Waals surface area contributed by atoms with Crippen LogP contribution in [0.3, 0.4) is 0 Å². The van der Waals surface area contributed by atoms with E-state index in [0.29, 0.717) is 22.9 Å². The molecule has 2 fully saturated rings. The normalized spacial score (nSPS) is 26.1. The molecule has 0 aromatic carbocycles. The van der Waals surface area contributed by atoms with E-state index in [1.54, 1.807) is 0 Å². The van der Waals surface area contributed by atoms with Crippen molar-refractivity contribution in [3.05, 3.63) is 12.4 Å². The van der Waals surface area contributed by atoms with Crippen molar-refractivity contribution in [1.29, 1.82) is 0 Å². The van der Waals surface area contributed by atoms with Gasteiger partial charge in [-0.15, -0.1) is 0 Å². The van der Waals surface area contributed by atoms with E-state index in [9.17, 15) is 0 Å². The first-order chi connectivity index (χ1) is 9.85. The maximum atomic E-state index is 4.60. The van der Waals surface area contributed by atoms with Gasteiger partial charge in [0, 0.05) is 24.5 Å². The molecule has 2 saturated carbocycles. The highest BCUT2D eigenvalue weighted by Gasteiger charge is 2.39. The second kappa shape index (κ2) is 5.33. The Balaban J connectivity index is 1.78. The molecule has 0 spiro atoms. The fourth-order valence-corrected chi connectivity index (χ4v) is 4.96. The zero-order valence-electron chi connectivity index (χ0n) is 14.2. The van der Waals surface area contributed by atoms with Crippen molar-refractivity contribution >= 4 is 5.95 Å². The lowest BCUT2D eigenvalue weighted by molar-refractivity contribution is 0.0730. The Morgan fingerprint density at radius 1 is 1.10 bits per heavy atom. The van der Waals surface area contributed by atoms with Crippen LogP contribution in [0.25, 0.3) is 0 Å². The Kier molecular flexibility index (Phi) is 3.79. The van der Waals surface area contributed by atoms with Crippen molar-refractivity contribution in [2.45, 2.75) is 84.7 Å². The van der Waals surface area contributed by atoms with Gasteiger partial charge in [0.05, 0.1) is 0 Å². The van der Waals surface area contributed by atoms with Crippen LogP contribution in [0.4, 0.5) is 5.95 Å². The predicted octanol–water partition coefficient (Wildman–Crippen LogP) is 5.02. The number of nitrogens with zero attached hydrogens (tertiary/aromatic N) is 2. The van der Waals surface area contributed by atoms with E-state index in [-0.39, 0.29) is 0 Å². The summed E-state index contributed by atoms with van der Waals surface area (Å²) >= 11 is 0. The molecule has 1 aromatic rings. The monoisotopic (exact) mass is 289 g/mol. The van der Waals surface area contributed by atoms with E-state index < -0.39 is 0 Å². The van der Waals surface area contributed by atoms with Gasteiger partial charge in [0.1, 0.15) is 0 Å². The van der Waals surface area contributed by atoms with Crippen LogP contribution in [0.5, 0.6) is 0 Å². The van der Waals surface area contributed by atoms with Gasteiger partial charge in [-0.05, 0) is 42.9 Å². The lowest BCUT2D eigenvalue weighted by Crippen LogP contribution is -2.35. The molecule has 21 heavy (non-hydrogen) atoms. The van der Waals surface area contributed by atoms with E-state index in [2.05, 4.69) is 48.8 Å². The lowest BCUT2D eigenvalue weighted by Gasteiger charge is -2.45. The number of nitrogens with one attached hydrogen (secondary N) is 1. The maximum Gasteiger partial charge on any atom is 0.203 e. The summed E-state index contributed by atoms with van der Waals surface area (Å²) in [4.78, 5) is 4.60. The average molecular weight is 289 g/mol. The Labute approximate surface area is 129 Å². The summed E-state index contributed by atoms with van der Waals surface area (Å²) in [5, 5.41) is 3.69. The Bertz CT molecular complexity index is 464. The van der Waals surface area contributed by atoms with Gasteiger partial charge in [-0.1, -0.05) is 40.5 Å². The van der Waals surface area contributed by atoms with Gasteiger partial charge in [0.15, 0.2) is 0 Å². The molecule has 118 valence electrons. The highest BCUT2D eigenvalue weighted by molar-refractivity contribution is 5.29. The number of imidazole rings is 1. The SMILES string of the molecule is CC1(C)CC(n2ccnc2NC2CCCC2)CC(C)(C)C1. The van der Waals surface area contributed by atoms with Gasteiger partial charge in [0.2, 0.25) is 5.95 Å². The highest BCUT2D eigenvalue weighted by atomic mass is 15.2. The van der Waals surface area contributed by atoms with Crippen LogP contribution < -0.4 is 5.32 Å². The van der Waals surface area contributed by atoms with E-state index >= 15 is 0 Å². The van der Waals surface area contributed by atoms with Gasteiger partial charge in [0.25, 0.3) is 0 Å². The molecule has 0 unspecified atom stereocenters. The fourth-order valence-electron chi connectivity index (χ4n) is 4.96. The lowest BCUT2D eigenvalue weighted by atomic mass is 9.63. The molecule has 2 aliphatic rings. The third-order valence-corrected chi connectivity index (χ3v) is 5.28. The minimum atomic E-state index is 0.418.